The van der Waals surface area contributed by atoms with Gasteiger partial charge in [0.15, 0.2) is 5.82 Å². The van der Waals surface area contributed by atoms with E-state index in [9.17, 15) is 0 Å². The smallest absolute Gasteiger partial charge is 0.159 e. The van der Waals surface area contributed by atoms with Gasteiger partial charge in [0.2, 0.25) is 0 Å². The zero-order valence-corrected chi connectivity index (χ0v) is 20.4. The van der Waals surface area contributed by atoms with Gasteiger partial charge in [-0.15, -0.1) is 0 Å². The quantitative estimate of drug-likeness (QED) is 0.256. The van der Waals surface area contributed by atoms with E-state index in [0.29, 0.717) is 5.82 Å². The number of aromatic nitrogens is 5. The van der Waals surface area contributed by atoms with Gasteiger partial charge in [0, 0.05) is 63.3 Å². The van der Waals surface area contributed by atoms with E-state index in [1.807, 2.05) is 12.3 Å². The lowest BCUT2D eigenvalue weighted by Gasteiger charge is -2.10. The van der Waals surface area contributed by atoms with Crippen molar-refractivity contribution < 1.29 is 0 Å². The lowest BCUT2D eigenvalue weighted by molar-refractivity contribution is 1.12. The number of nitrogens with zero attached hydrogens (tertiary/aromatic N) is 5. The summed E-state index contributed by atoms with van der Waals surface area (Å²) >= 11 is 0. The first kappa shape index (κ1) is 20.9. The summed E-state index contributed by atoms with van der Waals surface area (Å²) in [4.78, 5) is 13.5. The summed E-state index contributed by atoms with van der Waals surface area (Å²) in [5, 5.41) is 4.65. The van der Waals surface area contributed by atoms with Crippen LogP contribution in [0.25, 0.3) is 66.4 Å². The van der Waals surface area contributed by atoms with Crippen LogP contribution in [0, 0.1) is 0 Å². The van der Waals surface area contributed by atoms with Crippen LogP contribution >= 0.6 is 0 Å². The first-order valence-electron chi connectivity index (χ1n) is 12.6. The molecule has 0 radical (unpaired) electrons. The van der Waals surface area contributed by atoms with E-state index in [2.05, 4.69) is 122 Å². The van der Waals surface area contributed by atoms with Crippen molar-refractivity contribution in [1.82, 2.24) is 24.1 Å². The van der Waals surface area contributed by atoms with E-state index in [-0.39, 0.29) is 0 Å². The first-order valence-corrected chi connectivity index (χ1v) is 12.6. The summed E-state index contributed by atoms with van der Waals surface area (Å²) in [6, 6.07) is 36.4. The highest BCUT2D eigenvalue weighted by atomic mass is 15.0. The standard InChI is InChI=1S/C33H21N5/c1-2-6-25(7-3-1)37-17-15-23-18-28-27-8-4-5-9-30(27)38(32(28)19-31(23)37)26-12-10-22(11-13-26)33-35-21-24-20-34-16-14-29(24)36-33/h1-21H. The van der Waals surface area contributed by atoms with Gasteiger partial charge >= 0.3 is 0 Å². The largest absolute Gasteiger partial charge is 0.316 e. The zero-order chi connectivity index (χ0) is 25.1. The van der Waals surface area contributed by atoms with Crippen LogP contribution in [0.3, 0.4) is 0 Å². The third-order valence-electron chi connectivity index (χ3n) is 7.28. The molecule has 0 N–H and O–H groups in total. The van der Waals surface area contributed by atoms with Gasteiger partial charge in [-0.25, -0.2) is 9.97 Å². The molecule has 0 unspecified atom stereocenters. The van der Waals surface area contributed by atoms with Gasteiger partial charge < -0.3 is 9.13 Å². The predicted molar refractivity (Wildman–Crippen MR) is 154 cm³/mol. The minimum Gasteiger partial charge on any atom is -0.316 e. The van der Waals surface area contributed by atoms with Crippen molar-refractivity contribution in [2.24, 2.45) is 0 Å². The van der Waals surface area contributed by atoms with Gasteiger partial charge in [0.05, 0.1) is 22.1 Å². The van der Waals surface area contributed by atoms with Crippen LogP contribution in [0.5, 0.6) is 0 Å². The Bertz CT molecular complexity index is 2120. The molecule has 0 saturated heterocycles. The highest BCUT2D eigenvalue weighted by Crippen LogP contribution is 2.36. The highest BCUT2D eigenvalue weighted by Gasteiger charge is 2.15. The third-order valence-corrected chi connectivity index (χ3v) is 7.28. The Labute approximate surface area is 218 Å². The fourth-order valence-electron chi connectivity index (χ4n) is 5.46. The van der Waals surface area contributed by atoms with Crippen LogP contribution in [0.4, 0.5) is 0 Å². The molecule has 4 aromatic carbocycles. The Balaban J connectivity index is 1.32. The normalized spacial score (nSPS) is 11.7. The number of hydrogen-bond acceptors (Lipinski definition) is 3. The van der Waals surface area contributed by atoms with E-state index < -0.39 is 0 Å². The van der Waals surface area contributed by atoms with Gasteiger partial charge in [0.1, 0.15) is 0 Å². The maximum absolute atomic E-state index is 4.74. The molecule has 0 atom stereocenters. The van der Waals surface area contributed by atoms with E-state index in [1.165, 1.54) is 32.7 Å². The van der Waals surface area contributed by atoms with Crippen molar-refractivity contribution in [2.45, 2.75) is 0 Å². The average Bonchev–Trinajstić information content (AvgIpc) is 3.55. The molecule has 0 bridgehead atoms. The van der Waals surface area contributed by atoms with E-state index >= 15 is 0 Å². The second kappa shape index (κ2) is 8.11. The van der Waals surface area contributed by atoms with Crippen LogP contribution in [-0.2, 0) is 0 Å². The summed E-state index contributed by atoms with van der Waals surface area (Å²) in [6.45, 7) is 0. The molecule has 0 aliphatic heterocycles. The van der Waals surface area contributed by atoms with Crippen molar-refractivity contribution in [3.05, 3.63) is 128 Å². The Morgan fingerprint density at radius 2 is 1.42 bits per heavy atom. The van der Waals surface area contributed by atoms with E-state index in [4.69, 9.17) is 4.98 Å². The molecule has 0 aliphatic carbocycles. The van der Waals surface area contributed by atoms with Crippen LogP contribution in [0.2, 0.25) is 0 Å². The number of benzene rings is 4. The van der Waals surface area contributed by atoms with E-state index in [1.54, 1.807) is 12.4 Å². The van der Waals surface area contributed by atoms with Crippen LogP contribution in [-0.4, -0.2) is 24.1 Å². The molecule has 5 nitrogen and oxygen atoms in total. The number of hydrogen-bond donors (Lipinski definition) is 0. The van der Waals surface area contributed by atoms with Crippen molar-refractivity contribution >= 4 is 43.6 Å². The molecular formula is C33H21N5. The highest BCUT2D eigenvalue weighted by molar-refractivity contribution is 6.13. The van der Waals surface area contributed by atoms with Crippen LogP contribution < -0.4 is 0 Å². The summed E-state index contributed by atoms with van der Waals surface area (Å²) in [5.41, 5.74) is 7.67. The summed E-state index contributed by atoms with van der Waals surface area (Å²) in [7, 11) is 0. The second-order valence-electron chi connectivity index (χ2n) is 9.48. The maximum atomic E-state index is 4.74. The van der Waals surface area contributed by atoms with Crippen molar-refractivity contribution in [3.63, 3.8) is 0 Å². The Morgan fingerprint density at radius 3 is 2.32 bits per heavy atom. The number of rotatable bonds is 3. The molecular weight excluding hydrogens is 466 g/mol. The molecule has 8 rings (SSSR count). The summed E-state index contributed by atoms with van der Waals surface area (Å²) < 4.78 is 4.61. The van der Waals surface area contributed by atoms with Crippen molar-refractivity contribution in [3.8, 4) is 22.8 Å². The summed E-state index contributed by atoms with van der Waals surface area (Å²) in [5.74, 6) is 0.708. The molecule has 0 aliphatic rings. The average molecular weight is 488 g/mol. The zero-order valence-electron chi connectivity index (χ0n) is 20.4. The first-order chi connectivity index (χ1) is 18.8. The lowest BCUT2D eigenvalue weighted by atomic mass is 10.1. The van der Waals surface area contributed by atoms with Gasteiger partial charge in [-0.2, -0.15) is 0 Å². The Morgan fingerprint density at radius 1 is 0.579 bits per heavy atom. The van der Waals surface area contributed by atoms with Crippen molar-refractivity contribution in [1.29, 1.82) is 0 Å². The van der Waals surface area contributed by atoms with Crippen LogP contribution in [0.15, 0.2) is 128 Å². The van der Waals surface area contributed by atoms with Crippen molar-refractivity contribution in [2.75, 3.05) is 0 Å². The van der Waals surface area contributed by atoms with Gasteiger partial charge in [-0.1, -0.05) is 36.4 Å². The molecule has 38 heavy (non-hydrogen) atoms. The number of para-hydroxylation sites is 2. The summed E-state index contributed by atoms with van der Waals surface area (Å²) in [6.07, 6.45) is 7.53. The van der Waals surface area contributed by atoms with Gasteiger partial charge in [-0.3, -0.25) is 4.98 Å². The minimum absolute atomic E-state index is 0.708. The van der Waals surface area contributed by atoms with E-state index in [0.717, 1.165) is 27.8 Å². The van der Waals surface area contributed by atoms with Gasteiger partial charge in [-0.05, 0) is 66.7 Å². The molecule has 8 aromatic rings. The SMILES string of the molecule is c1ccc(-n2ccc3cc4c5ccccc5n(-c5ccc(-c6ncc7cnccc7n6)cc5)c4cc32)cc1. The van der Waals surface area contributed by atoms with Gasteiger partial charge in [0.25, 0.3) is 0 Å². The topological polar surface area (TPSA) is 48.5 Å². The number of fused-ring (bicyclic) bond motifs is 5. The fraction of sp³-hybridized carbons (Fsp3) is 0. The minimum atomic E-state index is 0.708. The molecule has 0 spiro atoms. The molecule has 0 fully saturated rings. The molecule has 178 valence electrons. The monoisotopic (exact) mass is 487 g/mol. The Hall–Kier alpha value is -5.29. The third kappa shape index (κ3) is 3.15. The lowest BCUT2D eigenvalue weighted by Crippen LogP contribution is -1.96. The number of pyridine rings is 1. The molecule has 4 heterocycles. The van der Waals surface area contributed by atoms with Crippen LogP contribution in [0.1, 0.15) is 0 Å². The Kier molecular flexibility index (Phi) is 4.45. The maximum Gasteiger partial charge on any atom is 0.159 e. The molecule has 4 aromatic heterocycles. The molecule has 0 saturated carbocycles. The second-order valence-corrected chi connectivity index (χ2v) is 9.48. The predicted octanol–water partition coefficient (Wildman–Crippen LogP) is 7.73. The fourth-order valence-corrected chi connectivity index (χ4v) is 5.46. The molecule has 0 amide bonds. The molecule has 5 heteroatoms.